The molecule has 2 aliphatic heterocycles. The summed E-state index contributed by atoms with van der Waals surface area (Å²) in [5.74, 6) is -0.493. The topological polar surface area (TPSA) is 76.2 Å². The number of piperidine rings is 1. The first kappa shape index (κ1) is 18.4. The van der Waals surface area contributed by atoms with E-state index in [9.17, 15) is 14.4 Å². The molecule has 2 saturated heterocycles. The predicted octanol–water partition coefficient (Wildman–Crippen LogP) is 1.60. The molecule has 0 saturated carbocycles. The van der Waals surface area contributed by atoms with Crippen molar-refractivity contribution < 1.29 is 23.9 Å². The molecule has 2 fully saturated rings. The van der Waals surface area contributed by atoms with Crippen molar-refractivity contribution in [2.24, 2.45) is 5.92 Å². The molecule has 0 radical (unpaired) electrons. The van der Waals surface area contributed by atoms with Crippen LogP contribution in [-0.4, -0.2) is 55.5 Å². The van der Waals surface area contributed by atoms with E-state index in [1.807, 2.05) is 4.90 Å². The molecule has 0 spiro atoms. The molecule has 0 N–H and O–H groups in total. The van der Waals surface area contributed by atoms with Crippen molar-refractivity contribution >= 4 is 23.5 Å². The van der Waals surface area contributed by atoms with E-state index in [1.165, 1.54) is 12.0 Å². The molecule has 1 aromatic rings. The first-order valence-corrected chi connectivity index (χ1v) is 8.97. The summed E-state index contributed by atoms with van der Waals surface area (Å²) >= 11 is 0. The van der Waals surface area contributed by atoms with Crippen LogP contribution in [0.15, 0.2) is 24.3 Å². The minimum absolute atomic E-state index is 0.117. The Morgan fingerprint density at radius 1 is 1.27 bits per heavy atom. The quantitative estimate of drug-likeness (QED) is 0.586. The van der Waals surface area contributed by atoms with Gasteiger partial charge < -0.3 is 9.47 Å². The van der Waals surface area contributed by atoms with Gasteiger partial charge in [0.05, 0.1) is 37.8 Å². The van der Waals surface area contributed by atoms with E-state index < -0.39 is 6.04 Å². The number of amides is 2. The van der Waals surface area contributed by atoms with Gasteiger partial charge in [0, 0.05) is 6.54 Å². The van der Waals surface area contributed by atoms with Crippen LogP contribution >= 0.6 is 0 Å². The van der Waals surface area contributed by atoms with E-state index in [2.05, 4.69) is 0 Å². The Hall–Kier alpha value is -2.41. The summed E-state index contributed by atoms with van der Waals surface area (Å²) < 4.78 is 10.4. The highest BCUT2D eigenvalue weighted by molar-refractivity contribution is 6.23. The molecule has 7 nitrogen and oxygen atoms in total. The zero-order valence-electron chi connectivity index (χ0n) is 15.1. The fourth-order valence-electron chi connectivity index (χ4n) is 3.71. The van der Waals surface area contributed by atoms with Crippen LogP contribution in [-0.2, 0) is 19.1 Å². The summed E-state index contributed by atoms with van der Waals surface area (Å²) in [6, 6.07) is 6.45. The molecular formula is C19H24N2O5. The lowest BCUT2D eigenvalue weighted by atomic mass is 9.96. The van der Waals surface area contributed by atoms with Gasteiger partial charge in [0.15, 0.2) is 0 Å². The summed E-state index contributed by atoms with van der Waals surface area (Å²) in [6.07, 6.45) is 1.67. The third kappa shape index (κ3) is 3.44. The van der Waals surface area contributed by atoms with E-state index in [-0.39, 0.29) is 30.1 Å². The van der Waals surface area contributed by atoms with Crippen molar-refractivity contribution in [3.63, 3.8) is 0 Å². The number of methoxy groups -OCH3 is 1. The van der Waals surface area contributed by atoms with Crippen molar-refractivity contribution in [1.82, 2.24) is 4.90 Å². The number of hydrogen-bond donors (Lipinski definition) is 0. The van der Waals surface area contributed by atoms with Gasteiger partial charge in [-0.25, -0.2) is 4.90 Å². The number of esters is 1. The molecular weight excluding hydrogens is 336 g/mol. The van der Waals surface area contributed by atoms with E-state index >= 15 is 0 Å². The normalized spacial score (nSPS) is 24.0. The number of para-hydroxylation sites is 2. The first-order chi connectivity index (χ1) is 12.6. The fraction of sp³-hybridized carbons (Fsp3) is 0.526. The lowest BCUT2D eigenvalue weighted by Gasteiger charge is -2.34. The standard InChI is InChI=1S/C19H24N2O5/c1-3-26-19(24)13-7-6-10-20(12-13)15-11-17(22)21(18(15)23)14-8-4-5-9-16(14)25-2/h4-5,8-9,13,15H,3,6-7,10-12H2,1-2H3. The third-order valence-corrected chi connectivity index (χ3v) is 4.96. The van der Waals surface area contributed by atoms with Gasteiger partial charge in [-0.3, -0.25) is 19.3 Å². The van der Waals surface area contributed by atoms with Crippen molar-refractivity contribution in [3.05, 3.63) is 24.3 Å². The zero-order valence-corrected chi connectivity index (χ0v) is 15.1. The average Bonchev–Trinajstić information content (AvgIpc) is 2.96. The third-order valence-electron chi connectivity index (χ3n) is 4.96. The van der Waals surface area contributed by atoms with Crippen LogP contribution < -0.4 is 9.64 Å². The average molecular weight is 360 g/mol. The summed E-state index contributed by atoms with van der Waals surface area (Å²) in [5, 5.41) is 0. The smallest absolute Gasteiger partial charge is 0.310 e. The van der Waals surface area contributed by atoms with Crippen molar-refractivity contribution in [2.75, 3.05) is 31.7 Å². The molecule has 2 atom stereocenters. The van der Waals surface area contributed by atoms with Gasteiger partial charge in [-0.2, -0.15) is 0 Å². The Morgan fingerprint density at radius 3 is 2.77 bits per heavy atom. The number of likely N-dealkylation sites (tertiary alicyclic amines) is 1. The van der Waals surface area contributed by atoms with Gasteiger partial charge >= 0.3 is 5.97 Å². The van der Waals surface area contributed by atoms with Crippen molar-refractivity contribution in [2.45, 2.75) is 32.2 Å². The van der Waals surface area contributed by atoms with E-state index in [1.54, 1.807) is 31.2 Å². The Balaban J connectivity index is 1.77. The van der Waals surface area contributed by atoms with E-state index in [0.29, 0.717) is 31.1 Å². The van der Waals surface area contributed by atoms with E-state index in [0.717, 1.165) is 12.8 Å². The number of carbonyl (C=O) groups is 3. The predicted molar refractivity (Wildman–Crippen MR) is 94.8 cm³/mol. The molecule has 26 heavy (non-hydrogen) atoms. The fourth-order valence-corrected chi connectivity index (χ4v) is 3.71. The lowest BCUT2D eigenvalue weighted by molar-refractivity contribution is -0.150. The second-order valence-electron chi connectivity index (χ2n) is 6.55. The van der Waals surface area contributed by atoms with Crippen LogP contribution in [0.25, 0.3) is 0 Å². The second-order valence-corrected chi connectivity index (χ2v) is 6.55. The maximum atomic E-state index is 13.0. The zero-order chi connectivity index (χ0) is 18.7. The number of imide groups is 1. The van der Waals surface area contributed by atoms with Gasteiger partial charge in [0.25, 0.3) is 5.91 Å². The SMILES string of the molecule is CCOC(=O)C1CCCN(C2CC(=O)N(c3ccccc3OC)C2=O)C1. The summed E-state index contributed by atoms with van der Waals surface area (Å²) in [7, 11) is 1.51. The Labute approximate surface area is 152 Å². The van der Waals surface area contributed by atoms with E-state index in [4.69, 9.17) is 9.47 Å². The van der Waals surface area contributed by atoms with Gasteiger partial charge in [-0.1, -0.05) is 12.1 Å². The summed E-state index contributed by atoms with van der Waals surface area (Å²) in [4.78, 5) is 40.7. The largest absolute Gasteiger partial charge is 0.495 e. The van der Waals surface area contributed by atoms with Crippen LogP contribution in [0, 0.1) is 5.92 Å². The van der Waals surface area contributed by atoms with Crippen LogP contribution in [0.2, 0.25) is 0 Å². The van der Waals surface area contributed by atoms with Crippen LogP contribution in [0.5, 0.6) is 5.75 Å². The van der Waals surface area contributed by atoms with Crippen LogP contribution in [0.3, 0.4) is 0 Å². The van der Waals surface area contributed by atoms with Gasteiger partial charge in [0.1, 0.15) is 5.75 Å². The number of benzene rings is 1. The summed E-state index contributed by atoms with van der Waals surface area (Å²) in [6.45, 7) is 3.27. The molecule has 2 heterocycles. The van der Waals surface area contributed by atoms with Crippen molar-refractivity contribution in [3.8, 4) is 5.75 Å². The molecule has 0 aromatic heterocycles. The lowest BCUT2D eigenvalue weighted by Crippen LogP contribution is -2.48. The highest BCUT2D eigenvalue weighted by Crippen LogP contribution is 2.34. The maximum Gasteiger partial charge on any atom is 0.310 e. The Bertz CT molecular complexity index is 705. The molecule has 0 bridgehead atoms. The molecule has 1 aromatic carbocycles. The molecule has 2 aliphatic rings. The Morgan fingerprint density at radius 2 is 2.04 bits per heavy atom. The molecule has 2 unspecified atom stereocenters. The first-order valence-electron chi connectivity index (χ1n) is 8.97. The molecule has 2 amide bonds. The second kappa shape index (κ2) is 7.86. The van der Waals surface area contributed by atoms with Crippen LogP contribution in [0.4, 0.5) is 5.69 Å². The number of rotatable bonds is 5. The van der Waals surface area contributed by atoms with Crippen LogP contribution in [0.1, 0.15) is 26.2 Å². The number of ether oxygens (including phenoxy) is 2. The molecule has 140 valence electrons. The molecule has 3 rings (SSSR count). The number of nitrogens with zero attached hydrogens (tertiary/aromatic N) is 2. The van der Waals surface area contributed by atoms with Gasteiger partial charge in [-0.05, 0) is 38.4 Å². The number of hydrogen-bond acceptors (Lipinski definition) is 6. The summed E-state index contributed by atoms with van der Waals surface area (Å²) in [5.41, 5.74) is 0.464. The maximum absolute atomic E-state index is 13.0. The van der Waals surface area contributed by atoms with Crippen molar-refractivity contribution in [1.29, 1.82) is 0 Å². The minimum atomic E-state index is -0.537. The number of carbonyl (C=O) groups excluding carboxylic acids is 3. The highest BCUT2D eigenvalue weighted by Gasteiger charge is 2.45. The highest BCUT2D eigenvalue weighted by atomic mass is 16.5. The monoisotopic (exact) mass is 360 g/mol. The minimum Gasteiger partial charge on any atom is -0.495 e. The molecule has 7 heteroatoms. The number of anilines is 1. The molecule has 0 aliphatic carbocycles. The van der Waals surface area contributed by atoms with Gasteiger partial charge in [0.2, 0.25) is 5.91 Å². The van der Waals surface area contributed by atoms with Gasteiger partial charge in [-0.15, -0.1) is 0 Å². The Kier molecular flexibility index (Phi) is 5.56.